The van der Waals surface area contributed by atoms with Crippen LogP contribution in [0.2, 0.25) is 0 Å². The van der Waals surface area contributed by atoms with Gasteiger partial charge in [-0.05, 0) is 62.6 Å². The summed E-state index contributed by atoms with van der Waals surface area (Å²) in [5.74, 6) is 0.224. The lowest BCUT2D eigenvalue weighted by Gasteiger charge is -2.47. The summed E-state index contributed by atoms with van der Waals surface area (Å²) in [6.07, 6.45) is 7.54. The van der Waals surface area contributed by atoms with E-state index < -0.39 is 10.0 Å². The molecule has 7 heteroatoms. The highest BCUT2D eigenvalue weighted by Crippen LogP contribution is 2.41. The summed E-state index contributed by atoms with van der Waals surface area (Å²) in [6.45, 7) is 6.10. The largest absolute Gasteiger partial charge is 0.342 e. The van der Waals surface area contributed by atoms with Crippen LogP contribution in [0, 0.1) is 5.41 Å². The number of aromatic nitrogens is 1. The molecule has 0 radical (unpaired) electrons. The zero-order valence-corrected chi connectivity index (χ0v) is 16.5. The lowest BCUT2D eigenvalue weighted by Crippen LogP contribution is -2.53. The number of pyridine rings is 1. The lowest BCUT2D eigenvalue weighted by molar-refractivity contribution is -0.138. The van der Waals surface area contributed by atoms with E-state index in [4.69, 9.17) is 0 Å². The zero-order chi connectivity index (χ0) is 18.8. The maximum absolute atomic E-state index is 12.4. The monoisotopic (exact) mass is 379 g/mol. The van der Waals surface area contributed by atoms with E-state index in [1.165, 1.54) is 5.56 Å². The quantitative estimate of drug-likeness (QED) is 0.785. The van der Waals surface area contributed by atoms with E-state index in [2.05, 4.69) is 4.98 Å². The smallest absolute Gasteiger partial charge is 0.222 e. The van der Waals surface area contributed by atoms with Gasteiger partial charge in [-0.25, -0.2) is 12.7 Å². The fourth-order valence-electron chi connectivity index (χ4n) is 4.04. The molecule has 0 aromatic carbocycles. The molecule has 2 aliphatic rings. The lowest BCUT2D eigenvalue weighted by atomic mass is 9.72. The van der Waals surface area contributed by atoms with Crippen molar-refractivity contribution >= 4 is 15.9 Å². The summed E-state index contributed by atoms with van der Waals surface area (Å²) < 4.78 is 26.4. The van der Waals surface area contributed by atoms with Crippen molar-refractivity contribution in [3.8, 4) is 0 Å². The number of carbonyl (C=O) groups excluding carboxylic acids is 1. The Hall–Kier alpha value is -1.47. The fraction of sp³-hybridized carbons (Fsp3) is 0.684. The Morgan fingerprint density at radius 2 is 1.81 bits per heavy atom. The number of piperidine rings is 2. The summed E-state index contributed by atoms with van der Waals surface area (Å²) in [5, 5.41) is -0.374. The number of rotatable bonds is 5. The van der Waals surface area contributed by atoms with Gasteiger partial charge in [-0.1, -0.05) is 0 Å². The summed E-state index contributed by atoms with van der Waals surface area (Å²) in [7, 11) is -3.18. The number of hydrogen-bond donors (Lipinski definition) is 0. The minimum absolute atomic E-state index is 0.0785. The van der Waals surface area contributed by atoms with Crippen LogP contribution in [0.3, 0.4) is 0 Å². The van der Waals surface area contributed by atoms with Gasteiger partial charge in [0.2, 0.25) is 15.9 Å². The van der Waals surface area contributed by atoms with Gasteiger partial charge in [0.05, 0.1) is 5.25 Å². The summed E-state index contributed by atoms with van der Waals surface area (Å²) in [5.41, 5.74) is 1.26. The first-order valence-electron chi connectivity index (χ1n) is 9.48. The van der Waals surface area contributed by atoms with Crippen molar-refractivity contribution < 1.29 is 13.2 Å². The highest BCUT2D eigenvalue weighted by molar-refractivity contribution is 7.89. The summed E-state index contributed by atoms with van der Waals surface area (Å²) in [4.78, 5) is 18.4. The standard InChI is InChI=1S/C19H29N3O3S/c1-16(2)26(24,25)22-13-8-19(9-14-22)7-3-18(23)21(15-19)12-6-17-4-10-20-11-5-17/h4-5,10-11,16H,3,6-9,12-15H2,1-2H3. The number of hydrogen-bond acceptors (Lipinski definition) is 4. The van der Waals surface area contributed by atoms with E-state index in [-0.39, 0.29) is 16.6 Å². The molecule has 26 heavy (non-hydrogen) atoms. The molecule has 6 nitrogen and oxygen atoms in total. The molecule has 2 aliphatic heterocycles. The van der Waals surface area contributed by atoms with Gasteiger partial charge in [0.1, 0.15) is 0 Å². The van der Waals surface area contributed by atoms with Crippen LogP contribution in [0.1, 0.15) is 45.1 Å². The van der Waals surface area contributed by atoms with E-state index in [9.17, 15) is 13.2 Å². The first-order valence-corrected chi connectivity index (χ1v) is 11.0. The van der Waals surface area contributed by atoms with Gasteiger partial charge < -0.3 is 4.90 Å². The highest BCUT2D eigenvalue weighted by atomic mass is 32.2. The van der Waals surface area contributed by atoms with Gasteiger partial charge >= 0.3 is 0 Å². The van der Waals surface area contributed by atoms with E-state index >= 15 is 0 Å². The van der Waals surface area contributed by atoms with Crippen LogP contribution >= 0.6 is 0 Å². The van der Waals surface area contributed by atoms with Gasteiger partial charge in [0.25, 0.3) is 0 Å². The van der Waals surface area contributed by atoms with Crippen LogP contribution in [0.4, 0.5) is 0 Å². The maximum atomic E-state index is 12.4. The predicted octanol–water partition coefficient (Wildman–Crippen LogP) is 2.07. The molecule has 1 aromatic heterocycles. The van der Waals surface area contributed by atoms with Crippen molar-refractivity contribution in [1.82, 2.24) is 14.2 Å². The normalized spacial score (nSPS) is 21.5. The molecule has 0 unspecified atom stereocenters. The number of carbonyl (C=O) groups is 1. The van der Waals surface area contributed by atoms with Gasteiger partial charge in [-0.3, -0.25) is 9.78 Å². The predicted molar refractivity (Wildman–Crippen MR) is 101 cm³/mol. The Morgan fingerprint density at radius 1 is 1.15 bits per heavy atom. The molecule has 3 heterocycles. The third-order valence-electron chi connectivity index (χ3n) is 5.91. The second kappa shape index (κ2) is 7.64. The van der Waals surface area contributed by atoms with Crippen molar-refractivity contribution in [3.63, 3.8) is 0 Å². The zero-order valence-electron chi connectivity index (χ0n) is 15.7. The molecule has 2 fully saturated rings. The average molecular weight is 380 g/mol. The third kappa shape index (κ3) is 4.09. The minimum atomic E-state index is -3.18. The van der Waals surface area contributed by atoms with Crippen LogP contribution in [0.15, 0.2) is 24.5 Å². The second-order valence-corrected chi connectivity index (χ2v) is 10.4. The maximum Gasteiger partial charge on any atom is 0.222 e. The number of amides is 1. The Kier molecular flexibility index (Phi) is 5.67. The molecule has 0 atom stereocenters. The van der Waals surface area contributed by atoms with E-state index in [1.54, 1.807) is 30.5 Å². The second-order valence-electron chi connectivity index (χ2n) is 7.91. The molecular formula is C19H29N3O3S. The minimum Gasteiger partial charge on any atom is -0.342 e. The molecule has 0 saturated carbocycles. The van der Waals surface area contributed by atoms with Crippen molar-refractivity contribution in [2.24, 2.45) is 5.41 Å². The van der Waals surface area contributed by atoms with Gasteiger partial charge in [-0.15, -0.1) is 0 Å². The molecule has 2 saturated heterocycles. The Bertz CT molecular complexity index is 726. The molecule has 1 aromatic rings. The first-order chi connectivity index (χ1) is 12.3. The van der Waals surface area contributed by atoms with Gasteiger partial charge in [0, 0.05) is 45.0 Å². The van der Waals surface area contributed by atoms with Crippen LogP contribution in [0.25, 0.3) is 0 Å². The van der Waals surface area contributed by atoms with Crippen molar-refractivity contribution in [2.45, 2.75) is 51.2 Å². The van der Waals surface area contributed by atoms with E-state index in [0.717, 1.165) is 38.8 Å². The Morgan fingerprint density at radius 3 is 2.42 bits per heavy atom. The number of sulfonamides is 1. The van der Waals surface area contributed by atoms with Gasteiger partial charge in [-0.2, -0.15) is 0 Å². The molecule has 1 spiro atoms. The van der Waals surface area contributed by atoms with Crippen LogP contribution in [0.5, 0.6) is 0 Å². The van der Waals surface area contributed by atoms with Crippen LogP contribution < -0.4 is 0 Å². The molecular weight excluding hydrogens is 350 g/mol. The van der Waals surface area contributed by atoms with Crippen molar-refractivity contribution in [2.75, 3.05) is 26.2 Å². The number of likely N-dealkylation sites (tertiary alicyclic amines) is 1. The van der Waals surface area contributed by atoms with Crippen LogP contribution in [-0.2, 0) is 21.2 Å². The van der Waals surface area contributed by atoms with E-state index in [0.29, 0.717) is 19.5 Å². The van der Waals surface area contributed by atoms with Gasteiger partial charge in [0.15, 0.2) is 0 Å². The first kappa shape index (κ1) is 19.3. The average Bonchev–Trinajstić information content (AvgIpc) is 2.64. The molecule has 0 N–H and O–H groups in total. The molecule has 144 valence electrons. The van der Waals surface area contributed by atoms with E-state index in [1.807, 2.05) is 17.0 Å². The molecule has 0 aliphatic carbocycles. The van der Waals surface area contributed by atoms with Crippen molar-refractivity contribution in [3.05, 3.63) is 30.1 Å². The Balaban J connectivity index is 1.60. The SMILES string of the molecule is CC(C)S(=O)(=O)N1CCC2(CCC(=O)N(CCc3ccncc3)C2)CC1. The van der Waals surface area contributed by atoms with Crippen molar-refractivity contribution in [1.29, 1.82) is 0 Å². The molecule has 0 bridgehead atoms. The van der Waals surface area contributed by atoms with Crippen LogP contribution in [-0.4, -0.2) is 59.9 Å². The summed E-state index contributed by atoms with van der Waals surface area (Å²) >= 11 is 0. The molecule has 3 rings (SSSR count). The fourth-order valence-corrected chi connectivity index (χ4v) is 5.33. The molecule has 1 amide bonds. The topological polar surface area (TPSA) is 70.6 Å². The number of nitrogens with zero attached hydrogens (tertiary/aromatic N) is 3. The summed E-state index contributed by atoms with van der Waals surface area (Å²) in [6, 6.07) is 3.97. The highest BCUT2D eigenvalue weighted by Gasteiger charge is 2.43. The Labute approximate surface area is 156 Å². The third-order valence-corrected chi connectivity index (χ3v) is 8.18.